The summed E-state index contributed by atoms with van der Waals surface area (Å²) in [4.78, 5) is 24.8. The Bertz CT molecular complexity index is 499. The maximum absolute atomic E-state index is 12.1. The molecule has 5 nitrogen and oxygen atoms in total. The smallest absolute Gasteiger partial charge is 0.307 e. The van der Waals surface area contributed by atoms with Crippen LogP contribution in [0.1, 0.15) is 24.5 Å². The van der Waals surface area contributed by atoms with Crippen molar-refractivity contribution in [1.82, 2.24) is 4.90 Å². The summed E-state index contributed by atoms with van der Waals surface area (Å²) in [7, 11) is 1.34. The van der Waals surface area contributed by atoms with E-state index >= 15 is 0 Å². The third-order valence-electron chi connectivity index (χ3n) is 3.45. The van der Waals surface area contributed by atoms with Crippen LogP contribution in [-0.2, 0) is 14.3 Å². The van der Waals surface area contributed by atoms with Crippen LogP contribution < -0.4 is 4.74 Å². The minimum absolute atomic E-state index is 0.0285. The number of carbonyl (C=O) groups excluding carboxylic acids is 2. The lowest BCUT2D eigenvalue weighted by Crippen LogP contribution is -2.36. The van der Waals surface area contributed by atoms with Crippen LogP contribution in [0, 0.1) is 13.8 Å². The van der Waals surface area contributed by atoms with Crippen molar-refractivity contribution in [3.05, 3.63) is 29.3 Å². The number of esters is 1. The van der Waals surface area contributed by atoms with Gasteiger partial charge in [-0.05, 0) is 38.0 Å². The van der Waals surface area contributed by atoms with Crippen molar-refractivity contribution in [2.45, 2.75) is 27.2 Å². The van der Waals surface area contributed by atoms with E-state index in [1.165, 1.54) is 7.11 Å². The number of aryl methyl sites for hydroxylation is 1. The van der Waals surface area contributed by atoms with Gasteiger partial charge >= 0.3 is 5.97 Å². The summed E-state index contributed by atoms with van der Waals surface area (Å²) in [6.07, 6.45) is 0.194. The molecule has 0 heterocycles. The number of amides is 1. The molecule has 0 aliphatic rings. The number of methoxy groups -OCH3 is 1. The molecule has 0 aromatic heterocycles. The highest BCUT2D eigenvalue weighted by Gasteiger charge is 2.14. The van der Waals surface area contributed by atoms with Gasteiger partial charge in [0.25, 0.3) is 5.91 Å². The summed E-state index contributed by atoms with van der Waals surface area (Å²) in [5.74, 6) is 0.256. The quantitative estimate of drug-likeness (QED) is 0.722. The van der Waals surface area contributed by atoms with E-state index in [0.29, 0.717) is 18.8 Å². The summed E-state index contributed by atoms with van der Waals surface area (Å²) >= 11 is 0. The molecule has 0 unspecified atom stereocenters. The maximum atomic E-state index is 12.1. The third kappa shape index (κ3) is 5.10. The number of hydrogen-bond acceptors (Lipinski definition) is 4. The van der Waals surface area contributed by atoms with Crippen molar-refractivity contribution in [3.63, 3.8) is 0 Å². The molecule has 21 heavy (non-hydrogen) atoms. The molecule has 0 bridgehead atoms. The van der Waals surface area contributed by atoms with Gasteiger partial charge in [0.2, 0.25) is 0 Å². The van der Waals surface area contributed by atoms with E-state index in [9.17, 15) is 9.59 Å². The highest BCUT2D eigenvalue weighted by Crippen LogP contribution is 2.20. The van der Waals surface area contributed by atoms with E-state index in [1.807, 2.05) is 39.0 Å². The first-order valence-corrected chi connectivity index (χ1v) is 7.03. The van der Waals surface area contributed by atoms with Crippen molar-refractivity contribution in [2.75, 3.05) is 26.8 Å². The monoisotopic (exact) mass is 293 g/mol. The van der Waals surface area contributed by atoms with Crippen LogP contribution in [0.4, 0.5) is 0 Å². The van der Waals surface area contributed by atoms with E-state index in [0.717, 1.165) is 11.1 Å². The van der Waals surface area contributed by atoms with Gasteiger partial charge in [0.1, 0.15) is 5.75 Å². The number of nitrogens with zero attached hydrogens (tertiary/aromatic N) is 1. The molecule has 1 amide bonds. The van der Waals surface area contributed by atoms with Crippen LogP contribution in [0.25, 0.3) is 0 Å². The molecule has 5 heteroatoms. The molecule has 0 aliphatic carbocycles. The first kappa shape index (κ1) is 17.0. The molecule has 0 fully saturated rings. The average molecular weight is 293 g/mol. The van der Waals surface area contributed by atoms with E-state index in [-0.39, 0.29) is 24.9 Å². The second-order valence-electron chi connectivity index (χ2n) is 4.79. The van der Waals surface area contributed by atoms with Gasteiger partial charge in [0, 0.05) is 13.1 Å². The predicted molar refractivity (Wildman–Crippen MR) is 80.3 cm³/mol. The summed E-state index contributed by atoms with van der Waals surface area (Å²) in [6.45, 7) is 6.68. The molecule has 116 valence electrons. The fourth-order valence-electron chi connectivity index (χ4n) is 1.90. The van der Waals surface area contributed by atoms with Gasteiger partial charge in [-0.1, -0.05) is 12.1 Å². The molecule has 0 atom stereocenters. The zero-order valence-electron chi connectivity index (χ0n) is 13.1. The molecule has 1 aromatic carbocycles. The van der Waals surface area contributed by atoms with Crippen LogP contribution >= 0.6 is 0 Å². The molecule has 1 aromatic rings. The Morgan fingerprint density at radius 2 is 1.95 bits per heavy atom. The average Bonchev–Trinajstić information content (AvgIpc) is 2.49. The molecule has 0 saturated heterocycles. The van der Waals surface area contributed by atoms with Gasteiger partial charge in [0.15, 0.2) is 6.61 Å². The van der Waals surface area contributed by atoms with E-state index in [1.54, 1.807) is 4.90 Å². The number of ether oxygens (including phenoxy) is 2. The molecule has 0 N–H and O–H groups in total. The lowest BCUT2D eigenvalue weighted by molar-refractivity contribution is -0.142. The van der Waals surface area contributed by atoms with Crippen LogP contribution in [-0.4, -0.2) is 43.6 Å². The zero-order valence-corrected chi connectivity index (χ0v) is 13.1. The van der Waals surface area contributed by atoms with Crippen LogP contribution in [0.3, 0.4) is 0 Å². The fourth-order valence-corrected chi connectivity index (χ4v) is 1.90. The molecule has 0 spiro atoms. The number of likely N-dealkylation sites (N-methyl/N-ethyl adjacent to an activating group) is 1. The second-order valence-corrected chi connectivity index (χ2v) is 4.79. The zero-order chi connectivity index (χ0) is 15.8. The normalized spacial score (nSPS) is 10.1. The summed E-state index contributed by atoms with van der Waals surface area (Å²) in [5.41, 5.74) is 2.15. The Hall–Kier alpha value is -2.04. The van der Waals surface area contributed by atoms with Gasteiger partial charge in [-0.3, -0.25) is 9.59 Å². The first-order chi connectivity index (χ1) is 9.99. The van der Waals surface area contributed by atoms with E-state index in [4.69, 9.17) is 4.74 Å². The summed E-state index contributed by atoms with van der Waals surface area (Å²) < 4.78 is 10.2. The topological polar surface area (TPSA) is 55.8 Å². The van der Waals surface area contributed by atoms with E-state index in [2.05, 4.69) is 4.74 Å². The highest BCUT2D eigenvalue weighted by molar-refractivity contribution is 5.78. The summed E-state index contributed by atoms with van der Waals surface area (Å²) in [5, 5.41) is 0. The van der Waals surface area contributed by atoms with Crippen LogP contribution in [0.2, 0.25) is 0 Å². The minimum Gasteiger partial charge on any atom is -0.483 e. The molecular weight excluding hydrogens is 270 g/mol. The molecular formula is C16H23NO4. The molecule has 1 rings (SSSR count). The number of rotatable bonds is 7. The molecule has 0 aliphatic heterocycles. The standard InChI is InChI=1S/C16H23NO4/c1-5-17(10-9-16(19)20-4)15(18)11-21-14-8-6-7-12(2)13(14)3/h6-8H,5,9-11H2,1-4H3. The Morgan fingerprint density at radius 1 is 1.24 bits per heavy atom. The van der Waals surface area contributed by atoms with Crippen molar-refractivity contribution in [2.24, 2.45) is 0 Å². The van der Waals surface area contributed by atoms with Gasteiger partial charge in [0.05, 0.1) is 13.5 Å². The third-order valence-corrected chi connectivity index (χ3v) is 3.45. The number of carbonyl (C=O) groups is 2. The minimum atomic E-state index is -0.323. The van der Waals surface area contributed by atoms with Gasteiger partial charge in [-0.25, -0.2) is 0 Å². The van der Waals surface area contributed by atoms with Crippen LogP contribution in [0.5, 0.6) is 5.75 Å². The Morgan fingerprint density at radius 3 is 2.57 bits per heavy atom. The lowest BCUT2D eigenvalue weighted by atomic mass is 10.1. The van der Waals surface area contributed by atoms with Gasteiger partial charge in [-0.15, -0.1) is 0 Å². The van der Waals surface area contributed by atoms with Gasteiger partial charge in [-0.2, -0.15) is 0 Å². The molecule has 0 radical (unpaired) electrons. The maximum Gasteiger partial charge on any atom is 0.307 e. The predicted octanol–water partition coefficient (Wildman–Crippen LogP) is 2.09. The Kier molecular flexibility index (Phi) is 6.72. The fraction of sp³-hybridized carbons (Fsp3) is 0.500. The SMILES string of the molecule is CCN(CCC(=O)OC)C(=O)COc1cccc(C)c1C. The largest absolute Gasteiger partial charge is 0.483 e. The van der Waals surface area contributed by atoms with Crippen molar-refractivity contribution in [3.8, 4) is 5.75 Å². The first-order valence-electron chi connectivity index (χ1n) is 7.03. The lowest BCUT2D eigenvalue weighted by Gasteiger charge is -2.20. The van der Waals surface area contributed by atoms with E-state index < -0.39 is 0 Å². The summed E-state index contributed by atoms with van der Waals surface area (Å²) in [6, 6.07) is 5.75. The Balaban J connectivity index is 2.54. The van der Waals surface area contributed by atoms with Gasteiger partial charge < -0.3 is 14.4 Å². The number of benzene rings is 1. The number of hydrogen-bond donors (Lipinski definition) is 0. The van der Waals surface area contributed by atoms with Crippen molar-refractivity contribution in [1.29, 1.82) is 0 Å². The molecule has 0 saturated carbocycles. The van der Waals surface area contributed by atoms with Crippen molar-refractivity contribution >= 4 is 11.9 Å². The van der Waals surface area contributed by atoms with Crippen molar-refractivity contribution < 1.29 is 19.1 Å². The highest BCUT2D eigenvalue weighted by atomic mass is 16.5. The van der Waals surface area contributed by atoms with Crippen LogP contribution in [0.15, 0.2) is 18.2 Å². The second kappa shape index (κ2) is 8.29. The Labute approximate surface area is 125 Å².